The lowest BCUT2D eigenvalue weighted by molar-refractivity contribution is -0.137. The number of urea groups is 1. The highest BCUT2D eigenvalue weighted by Gasteiger charge is 2.37. The molecule has 2 heterocycles. The molecule has 33 heavy (non-hydrogen) atoms. The number of nitrogen functional groups attached to an aromatic ring is 1. The maximum absolute atomic E-state index is 13.2. The molecule has 0 unspecified atom stereocenters. The Balaban J connectivity index is 0.00000385. The minimum atomic E-state index is -4.47. The first-order valence-electron chi connectivity index (χ1n) is 10.1. The van der Waals surface area contributed by atoms with Gasteiger partial charge in [0.15, 0.2) is 0 Å². The molecule has 0 bridgehead atoms. The van der Waals surface area contributed by atoms with Gasteiger partial charge in [0.05, 0.1) is 17.6 Å². The van der Waals surface area contributed by atoms with Crippen LogP contribution < -0.4 is 20.9 Å². The number of unbranched alkanes of at least 4 members (excludes halogenated alkanes) is 1. The van der Waals surface area contributed by atoms with Crippen LogP contribution in [0.4, 0.5) is 35.4 Å². The fourth-order valence-electron chi connectivity index (χ4n) is 3.35. The highest BCUT2D eigenvalue weighted by atomic mass is 35.5. The molecule has 12 heteroatoms. The maximum Gasteiger partial charge on any atom is 0.416 e. The van der Waals surface area contributed by atoms with E-state index in [1.807, 2.05) is 20.8 Å². The molecule has 0 spiro atoms. The Labute approximate surface area is 195 Å². The second kappa shape index (κ2) is 9.82. The first kappa shape index (κ1) is 26.2. The summed E-state index contributed by atoms with van der Waals surface area (Å²) >= 11 is 0. The monoisotopic (exact) mass is 486 g/mol. The fraction of sp³-hybridized carbons (Fsp3) is 0.429. The van der Waals surface area contributed by atoms with Crippen molar-refractivity contribution in [2.45, 2.75) is 45.3 Å². The number of carbonyl (C=O) groups excluding carboxylic acids is 2. The lowest BCUT2D eigenvalue weighted by Gasteiger charge is -2.24. The molecule has 1 fully saturated rings. The van der Waals surface area contributed by atoms with Gasteiger partial charge in [0, 0.05) is 18.4 Å². The molecule has 0 aliphatic carbocycles. The fourth-order valence-corrected chi connectivity index (χ4v) is 3.35. The van der Waals surface area contributed by atoms with Crippen LogP contribution in [0.3, 0.4) is 0 Å². The van der Waals surface area contributed by atoms with E-state index < -0.39 is 23.2 Å². The van der Waals surface area contributed by atoms with Crippen molar-refractivity contribution >= 4 is 41.8 Å². The summed E-state index contributed by atoms with van der Waals surface area (Å²) < 4.78 is 38.7. The lowest BCUT2D eigenvalue weighted by Crippen LogP contribution is -2.36. The number of nitrogens with one attached hydrogen (secondary N) is 1. The van der Waals surface area contributed by atoms with Gasteiger partial charge in [0.25, 0.3) is 5.91 Å². The summed E-state index contributed by atoms with van der Waals surface area (Å²) in [6, 6.07) is 3.98. The largest absolute Gasteiger partial charge is 0.416 e. The normalized spacial score (nSPS) is 15.1. The Morgan fingerprint density at radius 3 is 2.39 bits per heavy atom. The summed E-state index contributed by atoms with van der Waals surface area (Å²) in [6.45, 7) is 6.24. The van der Waals surface area contributed by atoms with Crippen LogP contribution in [0.15, 0.2) is 30.5 Å². The molecule has 3 amide bonds. The number of nitrogens with two attached hydrogens (primary N) is 1. The van der Waals surface area contributed by atoms with Crippen molar-refractivity contribution in [1.29, 1.82) is 0 Å². The summed E-state index contributed by atoms with van der Waals surface area (Å²) in [5.74, 6) is -0.587. The minimum Gasteiger partial charge on any atom is -0.383 e. The zero-order chi connectivity index (χ0) is 23.7. The van der Waals surface area contributed by atoms with Crippen molar-refractivity contribution in [3.05, 3.63) is 41.6 Å². The topological polar surface area (TPSA) is 104 Å². The molecule has 1 aromatic heterocycles. The van der Waals surface area contributed by atoms with Crippen molar-refractivity contribution in [3.8, 4) is 0 Å². The Hall–Kier alpha value is -3.08. The molecule has 0 saturated carbocycles. The van der Waals surface area contributed by atoms with E-state index in [1.165, 1.54) is 28.1 Å². The molecular weight excluding hydrogens is 461 g/mol. The van der Waals surface area contributed by atoms with Crippen LogP contribution in [0, 0.1) is 0 Å². The smallest absolute Gasteiger partial charge is 0.383 e. The highest BCUT2D eigenvalue weighted by Crippen LogP contribution is 2.31. The van der Waals surface area contributed by atoms with Gasteiger partial charge in [0.1, 0.15) is 11.4 Å². The third-order valence-corrected chi connectivity index (χ3v) is 5.01. The summed E-state index contributed by atoms with van der Waals surface area (Å²) in [4.78, 5) is 36.3. The van der Waals surface area contributed by atoms with E-state index in [9.17, 15) is 22.8 Å². The number of benzene rings is 1. The van der Waals surface area contributed by atoms with E-state index in [4.69, 9.17) is 5.73 Å². The van der Waals surface area contributed by atoms with E-state index in [0.29, 0.717) is 18.7 Å². The second-order valence-corrected chi connectivity index (χ2v) is 8.22. The molecule has 1 aliphatic rings. The average molecular weight is 487 g/mol. The summed E-state index contributed by atoms with van der Waals surface area (Å²) in [6.07, 6.45) is -1.83. The van der Waals surface area contributed by atoms with Gasteiger partial charge in [-0.2, -0.15) is 18.2 Å². The van der Waals surface area contributed by atoms with Crippen LogP contribution in [0.1, 0.15) is 49.5 Å². The number of hydrogen-bond acceptors (Lipinski definition) is 5. The summed E-state index contributed by atoms with van der Waals surface area (Å²) in [5.41, 5.74) is 5.06. The number of aromatic nitrogens is 2. The molecule has 1 saturated heterocycles. The molecule has 180 valence electrons. The van der Waals surface area contributed by atoms with E-state index in [0.717, 1.165) is 18.6 Å². The minimum absolute atomic E-state index is 0. The first-order valence-corrected chi connectivity index (χ1v) is 10.1. The van der Waals surface area contributed by atoms with E-state index in [-0.39, 0.29) is 42.3 Å². The van der Waals surface area contributed by atoms with Gasteiger partial charge in [-0.15, -0.1) is 12.4 Å². The quantitative estimate of drug-likeness (QED) is 0.635. The van der Waals surface area contributed by atoms with Gasteiger partial charge in [-0.25, -0.2) is 9.78 Å². The number of nitrogens with zero attached hydrogens (tertiary/aromatic N) is 4. The molecule has 3 rings (SSSR count). The molecular formula is C21H26ClF3N6O2. The van der Waals surface area contributed by atoms with Gasteiger partial charge in [-0.05, 0) is 44.5 Å². The molecule has 1 aliphatic heterocycles. The number of anilines is 3. The van der Waals surface area contributed by atoms with Gasteiger partial charge < -0.3 is 16.0 Å². The summed E-state index contributed by atoms with van der Waals surface area (Å²) in [7, 11) is 0. The van der Waals surface area contributed by atoms with Crippen molar-refractivity contribution in [1.82, 2.24) is 15.3 Å². The predicted octanol–water partition coefficient (Wildman–Crippen LogP) is 4.25. The third kappa shape index (κ3) is 5.84. The van der Waals surface area contributed by atoms with Crippen molar-refractivity contribution in [2.24, 2.45) is 0 Å². The van der Waals surface area contributed by atoms with E-state index in [2.05, 4.69) is 15.3 Å². The predicted molar refractivity (Wildman–Crippen MR) is 122 cm³/mol. The van der Waals surface area contributed by atoms with E-state index >= 15 is 0 Å². The first-order chi connectivity index (χ1) is 14.9. The van der Waals surface area contributed by atoms with Crippen LogP contribution in [0.5, 0.6) is 0 Å². The number of halogens is 4. The second-order valence-electron chi connectivity index (χ2n) is 8.22. The number of alkyl halides is 3. The number of amides is 3. The molecule has 1 aromatic carbocycles. The van der Waals surface area contributed by atoms with Crippen molar-refractivity contribution in [3.63, 3.8) is 0 Å². The molecule has 2 aromatic rings. The van der Waals surface area contributed by atoms with Crippen LogP contribution in [-0.4, -0.2) is 40.5 Å². The Morgan fingerprint density at radius 1 is 1.27 bits per heavy atom. The standard InChI is InChI=1S/C21H25F3N6O2.ClH/c1-4-5-10-29(14-8-6-13(7-9-14)21(22,23)24)17(31)15-11-26-18(27-16(15)25)30-12-20(2,3)28-19(30)32;/h6-9,11H,4-5,10,12H2,1-3H3,(H,28,32)(H2,25,26,27);1H. The highest BCUT2D eigenvalue weighted by molar-refractivity contribution is 6.08. The zero-order valence-corrected chi connectivity index (χ0v) is 19.3. The Morgan fingerprint density at radius 2 is 1.91 bits per heavy atom. The van der Waals surface area contributed by atoms with E-state index in [1.54, 1.807) is 0 Å². The zero-order valence-electron chi connectivity index (χ0n) is 18.4. The Kier molecular flexibility index (Phi) is 7.79. The molecule has 0 atom stereocenters. The molecule has 3 N–H and O–H groups in total. The number of rotatable bonds is 6. The van der Waals surface area contributed by atoms with Gasteiger partial charge in [-0.1, -0.05) is 13.3 Å². The van der Waals surface area contributed by atoms with Crippen LogP contribution in [0.25, 0.3) is 0 Å². The molecule has 0 radical (unpaired) electrons. The van der Waals surface area contributed by atoms with Crippen LogP contribution in [-0.2, 0) is 6.18 Å². The van der Waals surface area contributed by atoms with Gasteiger partial charge >= 0.3 is 12.2 Å². The van der Waals surface area contributed by atoms with Gasteiger partial charge in [-0.3, -0.25) is 9.69 Å². The van der Waals surface area contributed by atoms with Gasteiger partial charge in [0.2, 0.25) is 5.95 Å². The average Bonchev–Trinajstić information content (AvgIpc) is 3.00. The summed E-state index contributed by atoms with van der Waals surface area (Å²) in [5, 5.41) is 2.79. The maximum atomic E-state index is 13.2. The van der Waals surface area contributed by atoms with Crippen molar-refractivity contribution in [2.75, 3.05) is 28.6 Å². The Bertz CT molecular complexity index is 1010. The lowest BCUT2D eigenvalue weighted by atomic mass is 10.1. The number of hydrogen-bond donors (Lipinski definition) is 2. The van der Waals surface area contributed by atoms with Crippen molar-refractivity contribution < 1.29 is 22.8 Å². The SMILES string of the molecule is CCCCN(C(=O)c1cnc(N2CC(C)(C)NC2=O)nc1N)c1ccc(C(F)(F)F)cc1.Cl. The molecule has 8 nitrogen and oxygen atoms in total. The third-order valence-electron chi connectivity index (χ3n) is 5.01. The van der Waals surface area contributed by atoms with Crippen LogP contribution in [0.2, 0.25) is 0 Å². The van der Waals surface area contributed by atoms with Crippen LogP contribution >= 0.6 is 12.4 Å². The number of carbonyl (C=O) groups is 2.